The van der Waals surface area contributed by atoms with Crippen LogP contribution in [0.1, 0.15) is 29.2 Å². The van der Waals surface area contributed by atoms with Crippen LogP contribution in [0.2, 0.25) is 0 Å². The van der Waals surface area contributed by atoms with Gasteiger partial charge in [-0.1, -0.05) is 12.1 Å². The Labute approximate surface area is 124 Å². The average molecular weight is 285 g/mol. The zero-order chi connectivity index (χ0) is 14.7. The van der Waals surface area contributed by atoms with Crippen LogP contribution in [-0.4, -0.2) is 18.2 Å². The van der Waals surface area contributed by atoms with E-state index in [2.05, 4.69) is 16.5 Å². The first-order valence-corrected chi connectivity index (χ1v) is 7.05. The zero-order valence-electron chi connectivity index (χ0n) is 12.0. The minimum atomic E-state index is -0.130. The van der Waals surface area contributed by atoms with Crippen molar-refractivity contribution in [3.8, 4) is 11.5 Å². The number of nitrogens with zero attached hydrogens (tertiary/aromatic N) is 1. The van der Waals surface area contributed by atoms with E-state index in [1.807, 2.05) is 37.5 Å². The molecule has 0 spiro atoms. The fraction of sp³-hybridized carbons (Fsp3) is 0.312. The molecular formula is C16H19N3O2. The number of hydrogen-bond donors (Lipinski definition) is 2. The van der Waals surface area contributed by atoms with Crippen LogP contribution in [0.25, 0.3) is 0 Å². The Bertz CT molecular complexity index is 631. The molecule has 0 aliphatic carbocycles. The van der Waals surface area contributed by atoms with E-state index in [0.29, 0.717) is 13.2 Å². The molecule has 0 saturated carbocycles. The van der Waals surface area contributed by atoms with Crippen LogP contribution in [-0.2, 0) is 0 Å². The van der Waals surface area contributed by atoms with E-state index in [4.69, 9.17) is 15.3 Å². The highest BCUT2D eigenvalue weighted by molar-refractivity contribution is 5.46. The molecule has 3 N–H and O–H groups in total. The molecular weight excluding hydrogens is 266 g/mol. The Kier molecular flexibility index (Phi) is 4.03. The number of nitrogens with two attached hydrogens (primary N) is 1. The molecule has 0 saturated heterocycles. The molecule has 1 aromatic carbocycles. The zero-order valence-corrected chi connectivity index (χ0v) is 12.0. The molecule has 2 aromatic rings. The smallest absolute Gasteiger partial charge is 0.161 e. The number of aryl methyl sites for hydroxylation is 1. The summed E-state index contributed by atoms with van der Waals surface area (Å²) >= 11 is 0. The molecule has 0 bridgehead atoms. The Balaban J connectivity index is 1.96. The largest absolute Gasteiger partial charge is 0.490 e. The van der Waals surface area contributed by atoms with E-state index in [-0.39, 0.29) is 6.04 Å². The lowest BCUT2D eigenvalue weighted by Crippen LogP contribution is -2.29. The van der Waals surface area contributed by atoms with Crippen molar-refractivity contribution in [3.63, 3.8) is 0 Å². The normalized spacial score (nSPS) is 15.3. The number of nitrogens with one attached hydrogen (secondary N) is 1. The van der Waals surface area contributed by atoms with Gasteiger partial charge in [-0.25, -0.2) is 5.43 Å². The van der Waals surface area contributed by atoms with Crippen molar-refractivity contribution < 1.29 is 9.47 Å². The van der Waals surface area contributed by atoms with Crippen molar-refractivity contribution in [1.29, 1.82) is 0 Å². The molecule has 0 radical (unpaired) electrons. The van der Waals surface area contributed by atoms with E-state index in [1.54, 1.807) is 0 Å². The summed E-state index contributed by atoms with van der Waals surface area (Å²) in [5, 5.41) is 0. The van der Waals surface area contributed by atoms with Gasteiger partial charge in [0.2, 0.25) is 0 Å². The van der Waals surface area contributed by atoms with Gasteiger partial charge in [0, 0.05) is 18.8 Å². The Hall–Kier alpha value is -2.11. The van der Waals surface area contributed by atoms with Gasteiger partial charge in [0.15, 0.2) is 11.5 Å². The molecule has 2 heterocycles. The summed E-state index contributed by atoms with van der Waals surface area (Å²) in [6.07, 6.45) is 4.54. The van der Waals surface area contributed by atoms with E-state index < -0.39 is 0 Å². The van der Waals surface area contributed by atoms with E-state index in [0.717, 1.165) is 34.6 Å². The van der Waals surface area contributed by atoms with Crippen LogP contribution in [0.4, 0.5) is 0 Å². The molecule has 1 aliphatic heterocycles. The summed E-state index contributed by atoms with van der Waals surface area (Å²) in [6.45, 7) is 3.37. The molecule has 1 aromatic heterocycles. The summed E-state index contributed by atoms with van der Waals surface area (Å²) in [6, 6.07) is 7.85. The summed E-state index contributed by atoms with van der Waals surface area (Å²) in [5.41, 5.74) is 5.99. The second-order valence-electron chi connectivity index (χ2n) is 5.15. The van der Waals surface area contributed by atoms with Gasteiger partial charge in [-0.2, -0.15) is 0 Å². The second kappa shape index (κ2) is 6.11. The van der Waals surface area contributed by atoms with Gasteiger partial charge >= 0.3 is 0 Å². The second-order valence-corrected chi connectivity index (χ2v) is 5.15. The highest BCUT2D eigenvalue weighted by Gasteiger charge is 2.17. The van der Waals surface area contributed by atoms with E-state index in [1.165, 1.54) is 0 Å². The van der Waals surface area contributed by atoms with Crippen LogP contribution in [0.5, 0.6) is 11.5 Å². The maximum atomic E-state index is 5.74. The molecule has 5 nitrogen and oxygen atoms in total. The van der Waals surface area contributed by atoms with Gasteiger partial charge in [-0.05, 0) is 35.7 Å². The molecule has 21 heavy (non-hydrogen) atoms. The maximum absolute atomic E-state index is 5.74. The first kappa shape index (κ1) is 13.9. The topological polar surface area (TPSA) is 69.4 Å². The molecule has 0 amide bonds. The molecule has 1 atom stereocenters. The van der Waals surface area contributed by atoms with E-state index >= 15 is 0 Å². The predicted molar refractivity (Wildman–Crippen MR) is 80.2 cm³/mol. The third kappa shape index (κ3) is 2.99. The number of benzene rings is 1. The van der Waals surface area contributed by atoms with Crippen LogP contribution >= 0.6 is 0 Å². The molecule has 1 aliphatic rings. The van der Waals surface area contributed by atoms with Crippen molar-refractivity contribution >= 4 is 0 Å². The monoisotopic (exact) mass is 285 g/mol. The first-order chi connectivity index (χ1) is 10.3. The number of hydrazine groups is 1. The van der Waals surface area contributed by atoms with Crippen molar-refractivity contribution in [2.45, 2.75) is 19.4 Å². The molecule has 0 fully saturated rings. The Morgan fingerprint density at radius 2 is 1.90 bits per heavy atom. The van der Waals surface area contributed by atoms with Gasteiger partial charge in [0.05, 0.1) is 19.3 Å². The first-order valence-electron chi connectivity index (χ1n) is 7.05. The Morgan fingerprint density at radius 3 is 2.67 bits per heavy atom. The average Bonchev–Trinajstić information content (AvgIpc) is 2.73. The van der Waals surface area contributed by atoms with Crippen LogP contribution < -0.4 is 20.7 Å². The number of hydrogen-bond acceptors (Lipinski definition) is 5. The number of rotatable bonds is 3. The lowest BCUT2D eigenvalue weighted by molar-refractivity contribution is 0.297. The van der Waals surface area contributed by atoms with Crippen LogP contribution in [0, 0.1) is 6.92 Å². The van der Waals surface area contributed by atoms with Crippen molar-refractivity contribution in [1.82, 2.24) is 10.4 Å². The quantitative estimate of drug-likeness (QED) is 0.667. The number of pyridine rings is 1. The summed E-state index contributed by atoms with van der Waals surface area (Å²) in [5.74, 6) is 7.30. The lowest BCUT2D eigenvalue weighted by Gasteiger charge is -2.18. The minimum absolute atomic E-state index is 0.130. The van der Waals surface area contributed by atoms with Crippen LogP contribution in [0.3, 0.4) is 0 Å². The summed E-state index contributed by atoms with van der Waals surface area (Å²) < 4.78 is 11.4. The van der Waals surface area contributed by atoms with E-state index in [9.17, 15) is 0 Å². The van der Waals surface area contributed by atoms with Gasteiger partial charge < -0.3 is 9.47 Å². The van der Waals surface area contributed by atoms with Gasteiger partial charge in [-0.3, -0.25) is 10.8 Å². The maximum Gasteiger partial charge on any atom is 0.161 e. The lowest BCUT2D eigenvalue weighted by atomic mass is 9.99. The van der Waals surface area contributed by atoms with Gasteiger partial charge in [0.25, 0.3) is 0 Å². The van der Waals surface area contributed by atoms with Gasteiger partial charge in [0.1, 0.15) is 0 Å². The summed E-state index contributed by atoms with van der Waals surface area (Å²) in [4.78, 5) is 4.23. The highest BCUT2D eigenvalue weighted by atomic mass is 16.5. The number of ether oxygens (including phenoxy) is 2. The molecule has 1 unspecified atom stereocenters. The Morgan fingerprint density at radius 1 is 1.10 bits per heavy atom. The van der Waals surface area contributed by atoms with Gasteiger partial charge in [-0.15, -0.1) is 0 Å². The van der Waals surface area contributed by atoms with Crippen LogP contribution in [0.15, 0.2) is 36.7 Å². The summed E-state index contributed by atoms with van der Waals surface area (Å²) in [7, 11) is 0. The van der Waals surface area contributed by atoms with Crippen molar-refractivity contribution in [2.75, 3.05) is 13.2 Å². The molecule has 5 heteroatoms. The van der Waals surface area contributed by atoms with Crippen molar-refractivity contribution in [3.05, 3.63) is 53.3 Å². The number of aromatic nitrogens is 1. The fourth-order valence-corrected chi connectivity index (χ4v) is 2.48. The standard InChI is InChI=1S/C16H19N3O2/c1-11-7-13(10-18-9-11)16(19-17)12-3-4-14-15(8-12)21-6-2-5-20-14/h3-4,7-10,16,19H,2,5-6,17H2,1H3. The predicted octanol–water partition coefficient (Wildman–Crippen LogP) is 2.10. The number of fused-ring (bicyclic) bond motifs is 1. The SMILES string of the molecule is Cc1cncc(C(NN)c2ccc3c(c2)OCCCO3)c1. The molecule has 3 rings (SSSR count). The minimum Gasteiger partial charge on any atom is -0.490 e. The fourth-order valence-electron chi connectivity index (χ4n) is 2.48. The highest BCUT2D eigenvalue weighted by Crippen LogP contribution is 2.33. The van der Waals surface area contributed by atoms with Crippen molar-refractivity contribution in [2.24, 2.45) is 5.84 Å². The third-order valence-electron chi connectivity index (χ3n) is 3.50. The third-order valence-corrected chi connectivity index (χ3v) is 3.50. The molecule has 110 valence electrons.